The summed E-state index contributed by atoms with van der Waals surface area (Å²) in [6.45, 7) is 2.25. The molecule has 7 heteroatoms. The second kappa shape index (κ2) is 6.29. The Morgan fingerprint density at radius 3 is 2.70 bits per heavy atom. The van der Waals surface area contributed by atoms with Crippen LogP contribution in [0.2, 0.25) is 0 Å². The van der Waals surface area contributed by atoms with E-state index in [0.717, 1.165) is 24.6 Å². The number of hydrogen-bond donors (Lipinski definition) is 1. The molecule has 0 unspecified atom stereocenters. The molecule has 0 aliphatic carbocycles. The van der Waals surface area contributed by atoms with Crippen molar-refractivity contribution >= 4 is 28.2 Å². The van der Waals surface area contributed by atoms with Gasteiger partial charge in [-0.25, -0.2) is 4.98 Å². The first-order valence-corrected chi connectivity index (χ1v) is 8.39. The van der Waals surface area contributed by atoms with Gasteiger partial charge in [0.15, 0.2) is 5.82 Å². The average molecular weight is 324 g/mol. The normalized spacial score (nSPS) is 14.2. The quantitative estimate of drug-likeness (QED) is 0.794. The molecule has 0 spiro atoms. The van der Waals surface area contributed by atoms with E-state index >= 15 is 0 Å². The molecule has 0 saturated carbocycles. The molecule has 23 heavy (non-hydrogen) atoms. The third-order valence-corrected chi connectivity index (χ3v) is 4.40. The van der Waals surface area contributed by atoms with Gasteiger partial charge < -0.3 is 10.2 Å². The summed E-state index contributed by atoms with van der Waals surface area (Å²) in [4.78, 5) is 15.5. The van der Waals surface area contributed by atoms with Crippen LogP contribution >= 0.6 is 11.5 Å². The zero-order valence-corrected chi connectivity index (χ0v) is 13.3. The van der Waals surface area contributed by atoms with E-state index in [4.69, 9.17) is 0 Å². The van der Waals surface area contributed by atoms with Gasteiger partial charge >= 0.3 is 0 Å². The summed E-state index contributed by atoms with van der Waals surface area (Å²) in [6, 6.07) is 9.78. The van der Waals surface area contributed by atoms with E-state index in [1.54, 1.807) is 6.20 Å². The maximum absolute atomic E-state index is 4.47. The molecule has 1 aliphatic heterocycles. The minimum absolute atomic E-state index is 0.631. The Labute approximate surface area is 138 Å². The van der Waals surface area contributed by atoms with Gasteiger partial charge in [-0.2, -0.15) is 9.36 Å². The Hall–Kier alpha value is -2.54. The fraction of sp³-hybridized carbons (Fsp3) is 0.250. The van der Waals surface area contributed by atoms with Crippen LogP contribution in [0.1, 0.15) is 12.8 Å². The van der Waals surface area contributed by atoms with Crippen LogP contribution in [0, 0.1) is 0 Å². The Kier molecular flexibility index (Phi) is 3.85. The summed E-state index contributed by atoms with van der Waals surface area (Å²) < 4.78 is 4.33. The van der Waals surface area contributed by atoms with Crippen LogP contribution in [0.5, 0.6) is 0 Å². The number of pyridine rings is 2. The summed E-state index contributed by atoms with van der Waals surface area (Å²) in [7, 11) is 0. The summed E-state index contributed by atoms with van der Waals surface area (Å²) in [5.41, 5.74) is 1.95. The minimum Gasteiger partial charge on any atom is -0.370 e. The fourth-order valence-corrected chi connectivity index (χ4v) is 3.19. The van der Waals surface area contributed by atoms with Gasteiger partial charge in [-0.3, -0.25) is 4.98 Å². The van der Waals surface area contributed by atoms with Crippen LogP contribution in [-0.4, -0.2) is 32.4 Å². The van der Waals surface area contributed by atoms with Crippen molar-refractivity contribution < 1.29 is 0 Å². The highest BCUT2D eigenvalue weighted by Crippen LogP contribution is 2.24. The van der Waals surface area contributed by atoms with Gasteiger partial charge in [0.25, 0.3) is 0 Å². The molecule has 1 aliphatic rings. The SMILES string of the molecule is c1ccc(-c2nsc(Nc3ccc(N4CCCC4)cn3)n2)nc1. The second-order valence-corrected chi connectivity index (χ2v) is 6.11. The third-order valence-electron chi connectivity index (χ3n) is 3.77. The smallest absolute Gasteiger partial charge is 0.208 e. The topological polar surface area (TPSA) is 66.8 Å². The van der Waals surface area contributed by atoms with E-state index in [2.05, 4.69) is 35.6 Å². The monoisotopic (exact) mass is 324 g/mol. The highest BCUT2D eigenvalue weighted by molar-refractivity contribution is 7.09. The number of anilines is 3. The largest absolute Gasteiger partial charge is 0.370 e. The van der Waals surface area contributed by atoms with E-state index in [0.29, 0.717) is 11.0 Å². The van der Waals surface area contributed by atoms with Crippen molar-refractivity contribution in [3.8, 4) is 11.5 Å². The minimum atomic E-state index is 0.631. The Morgan fingerprint density at radius 2 is 1.96 bits per heavy atom. The zero-order chi connectivity index (χ0) is 15.5. The van der Waals surface area contributed by atoms with E-state index < -0.39 is 0 Å². The van der Waals surface area contributed by atoms with Gasteiger partial charge in [0.05, 0.1) is 11.9 Å². The molecule has 4 rings (SSSR count). The van der Waals surface area contributed by atoms with Crippen LogP contribution in [-0.2, 0) is 0 Å². The molecule has 6 nitrogen and oxygen atoms in total. The van der Waals surface area contributed by atoms with Crippen molar-refractivity contribution in [2.45, 2.75) is 12.8 Å². The molecule has 116 valence electrons. The lowest BCUT2D eigenvalue weighted by atomic mass is 10.3. The van der Waals surface area contributed by atoms with Crippen LogP contribution in [0.4, 0.5) is 16.6 Å². The van der Waals surface area contributed by atoms with Crippen molar-refractivity contribution in [1.29, 1.82) is 0 Å². The number of nitrogens with zero attached hydrogens (tertiary/aromatic N) is 5. The van der Waals surface area contributed by atoms with Gasteiger partial charge in [0.1, 0.15) is 11.5 Å². The summed E-state index contributed by atoms with van der Waals surface area (Å²) in [5.74, 6) is 1.41. The lowest BCUT2D eigenvalue weighted by molar-refractivity contribution is 0.949. The highest BCUT2D eigenvalue weighted by atomic mass is 32.1. The molecule has 1 fully saturated rings. The van der Waals surface area contributed by atoms with E-state index in [1.807, 2.05) is 30.5 Å². The van der Waals surface area contributed by atoms with Crippen molar-refractivity contribution in [3.05, 3.63) is 42.7 Å². The van der Waals surface area contributed by atoms with Gasteiger partial charge in [-0.1, -0.05) is 6.07 Å². The molecule has 0 bridgehead atoms. The van der Waals surface area contributed by atoms with Crippen molar-refractivity contribution in [2.75, 3.05) is 23.3 Å². The van der Waals surface area contributed by atoms with Crippen molar-refractivity contribution in [2.24, 2.45) is 0 Å². The molecular formula is C16H16N6S. The molecule has 1 saturated heterocycles. The first-order chi connectivity index (χ1) is 11.4. The Morgan fingerprint density at radius 1 is 1.04 bits per heavy atom. The number of hydrogen-bond acceptors (Lipinski definition) is 7. The molecule has 3 aromatic heterocycles. The van der Waals surface area contributed by atoms with Gasteiger partial charge in [-0.15, -0.1) is 0 Å². The predicted molar refractivity (Wildman–Crippen MR) is 92.1 cm³/mol. The highest BCUT2D eigenvalue weighted by Gasteiger charge is 2.13. The summed E-state index contributed by atoms with van der Waals surface area (Å²) in [6.07, 6.45) is 6.18. The Bertz CT molecular complexity index is 765. The lowest BCUT2D eigenvalue weighted by Gasteiger charge is -2.16. The molecular weight excluding hydrogens is 308 g/mol. The first-order valence-electron chi connectivity index (χ1n) is 7.62. The molecule has 0 atom stereocenters. The summed E-state index contributed by atoms with van der Waals surface area (Å²) in [5, 5.41) is 3.91. The van der Waals surface area contributed by atoms with E-state index in [-0.39, 0.29) is 0 Å². The van der Waals surface area contributed by atoms with Crippen LogP contribution in [0.25, 0.3) is 11.5 Å². The molecule has 0 aromatic carbocycles. The maximum Gasteiger partial charge on any atom is 0.208 e. The zero-order valence-electron chi connectivity index (χ0n) is 12.5. The number of aromatic nitrogens is 4. The van der Waals surface area contributed by atoms with E-state index in [9.17, 15) is 0 Å². The molecule has 3 aromatic rings. The average Bonchev–Trinajstić information content (AvgIpc) is 3.28. The molecule has 1 N–H and O–H groups in total. The maximum atomic E-state index is 4.47. The molecule has 0 amide bonds. The van der Waals surface area contributed by atoms with Gasteiger partial charge in [0.2, 0.25) is 5.13 Å². The lowest BCUT2D eigenvalue weighted by Crippen LogP contribution is -2.17. The fourth-order valence-electron chi connectivity index (χ4n) is 2.61. The van der Waals surface area contributed by atoms with Gasteiger partial charge in [0, 0.05) is 30.8 Å². The molecule has 0 radical (unpaired) electrons. The van der Waals surface area contributed by atoms with Gasteiger partial charge in [-0.05, 0) is 37.1 Å². The molecule has 4 heterocycles. The second-order valence-electron chi connectivity index (χ2n) is 5.36. The number of rotatable bonds is 4. The predicted octanol–water partition coefficient (Wildman–Crippen LogP) is 3.34. The third kappa shape index (κ3) is 3.14. The summed E-state index contributed by atoms with van der Waals surface area (Å²) >= 11 is 1.31. The first kappa shape index (κ1) is 14.1. The standard InChI is InChI=1S/C16H16N6S/c1-2-8-17-13(5-1)15-20-16(23-21-15)19-14-7-6-12(11-18-14)22-9-3-4-10-22/h1-2,5-8,11H,3-4,9-10H2,(H,18,19,20,21). The Balaban J connectivity index is 1.47. The van der Waals surface area contributed by atoms with Crippen LogP contribution in [0.3, 0.4) is 0 Å². The van der Waals surface area contributed by atoms with Crippen LogP contribution < -0.4 is 10.2 Å². The van der Waals surface area contributed by atoms with Crippen molar-refractivity contribution in [3.63, 3.8) is 0 Å². The number of nitrogens with one attached hydrogen (secondary N) is 1. The van der Waals surface area contributed by atoms with Crippen LogP contribution in [0.15, 0.2) is 42.7 Å². The van der Waals surface area contributed by atoms with Crippen molar-refractivity contribution in [1.82, 2.24) is 19.3 Å². The van der Waals surface area contributed by atoms with E-state index in [1.165, 1.54) is 30.1 Å².